The summed E-state index contributed by atoms with van der Waals surface area (Å²) in [6.45, 7) is 21.6. The van der Waals surface area contributed by atoms with Gasteiger partial charge in [-0.25, -0.2) is 9.59 Å². The lowest BCUT2D eigenvalue weighted by Gasteiger charge is -2.50. The van der Waals surface area contributed by atoms with Crippen molar-refractivity contribution in [3.63, 3.8) is 0 Å². The highest BCUT2D eigenvalue weighted by Crippen LogP contribution is 2.29. The van der Waals surface area contributed by atoms with Crippen LogP contribution in [0.5, 0.6) is 0 Å². The molecule has 0 aromatic heterocycles. The average Bonchev–Trinajstić information content (AvgIpc) is 2.62. The van der Waals surface area contributed by atoms with Crippen LogP contribution in [-0.2, 0) is 19.1 Å². The van der Waals surface area contributed by atoms with Crippen LogP contribution in [0.2, 0.25) is 0 Å². The number of carbonyl (C=O) groups is 4. The predicted octanol–water partition coefficient (Wildman–Crippen LogP) is 3.07. The van der Waals surface area contributed by atoms with Crippen molar-refractivity contribution in [2.24, 2.45) is 0 Å². The van der Waals surface area contributed by atoms with E-state index in [9.17, 15) is 19.6 Å². The first kappa shape index (κ1) is 32.6. The number of hydrogen-bond donors (Lipinski definition) is 1. The summed E-state index contributed by atoms with van der Waals surface area (Å²) < 4.78 is 10.3. The lowest BCUT2D eigenvalue weighted by atomic mass is 9.89. The molecule has 1 N–H and O–H groups in total. The molecule has 2 aliphatic heterocycles. The zero-order chi connectivity index (χ0) is 28.3. The van der Waals surface area contributed by atoms with Crippen molar-refractivity contribution in [1.29, 1.82) is 5.26 Å². The fraction of sp³-hybridized carbons (Fsp3) is 0.640. The molecule has 11 heteroatoms. The van der Waals surface area contributed by atoms with Crippen molar-refractivity contribution >= 4 is 23.9 Å². The summed E-state index contributed by atoms with van der Waals surface area (Å²) in [6.07, 6.45) is 2.72. The number of nitrogens with zero attached hydrogens (tertiary/aromatic N) is 4. The molecule has 36 heavy (non-hydrogen) atoms. The van der Waals surface area contributed by atoms with Crippen molar-refractivity contribution in [3.8, 4) is 6.07 Å². The van der Waals surface area contributed by atoms with Crippen LogP contribution in [0.4, 0.5) is 9.59 Å². The van der Waals surface area contributed by atoms with Crippen LogP contribution < -0.4 is 0 Å². The minimum Gasteiger partial charge on any atom is -0.481 e. The highest BCUT2D eigenvalue weighted by atomic mass is 16.6. The maximum absolute atomic E-state index is 11.9. The Hall–Kier alpha value is -3.39. The second kappa shape index (κ2) is 13.6. The molecule has 0 unspecified atom stereocenters. The molecule has 2 saturated heterocycles. The number of amides is 2. The van der Waals surface area contributed by atoms with E-state index in [4.69, 9.17) is 19.4 Å². The van der Waals surface area contributed by atoms with Gasteiger partial charge in [0, 0.05) is 20.0 Å². The van der Waals surface area contributed by atoms with Gasteiger partial charge in [0.15, 0.2) is 5.78 Å². The number of Topliss-reactive ketones (excluding diaryl/α,β-unsaturated/α-hetero) is 1. The molecule has 2 aliphatic rings. The molecule has 0 aromatic rings. The lowest BCUT2D eigenvalue weighted by molar-refractivity contribution is -0.134. The van der Waals surface area contributed by atoms with Gasteiger partial charge in [-0.2, -0.15) is 5.26 Å². The van der Waals surface area contributed by atoms with Gasteiger partial charge in [-0.05, 0) is 41.5 Å². The van der Waals surface area contributed by atoms with Crippen molar-refractivity contribution in [3.05, 3.63) is 25.3 Å². The summed E-state index contributed by atoms with van der Waals surface area (Å²) >= 11 is 0. The zero-order valence-electron chi connectivity index (χ0n) is 22.5. The Bertz CT molecular complexity index is 837. The van der Waals surface area contributed by atoms with Gasteiger partial charge in [-0.15, -0.1) is 13.2 Å². The molecule has 0 spiro atoms. The normalized spacial score (nSPS) is 15.9. The smallest absolute Gasteiger partial charge is 0.411 e. The first-order valence-electron chi connectivity index (χ1n) is 11.4. The number of hydrogen-bond acceptors (Lipinski definition) is 8. The maximum atomic E-state index is 11.9. The van der Waals surface area contributed by atoms with Crippen LogP contribution in [0.25, 0.3) is 0 Å². The number of ketones is 1. The fourth-order valence-corrected chi connectivity index (χ4v) is 2.95. The van der Waals surface area contributed by atoms with E-state index in [1.807, 2.05) is 25.7 Å². The van der Waals surface area contributed by atoms with Crippen molar-refractivity contribution in [1.82, 2.24) is 14.7 Å². The zero-order valence-corrected chi connectivity index (χ0v) is 22.5. The van der Waals surface area contributed by atoms with Gasteiger partial charge < -0.3 is 19.5 Å². The Balaban J connectivity index is 0.000000645. The SMILES string of the molecule is C=CCN(CC=C)C1(C#N)CN(C(=O)OC(C)(C)C)C1.CC(=O)O.CC(C)(C)OC(=O)N1CC(=O)C1. The monoisotopic (exact) mass is 508 g/mol. The summed E-state index contributed by atoms with van der Waals surface area (Å²) in [5.41, 5.74) is -1.67. The van der Waals surface area contributed by atoms with E-state index in [1.54, 1.807) is 37.8 Å². The molecule has 0 aromatic carbocycles. The summed E-state index contributed by atoms with van der Waals surface area (Å²) in [5, 5.41) is 16.9. The average molecular weight is 509 g/mol. The Morgan fingerprint density at radius 2 is 1.36 bits per heavy atom. The Labute approximate surface area is 213 Å². The second-order valence-corrected chi connectivity index (χ2v) is 10.4. The quantitative estimate of drug-likeness (QED) is 0.555. The van der Waals surface area contributed by atoms with Gasteiger partial charge in [-0.1, -0.05) is 12.2 Å². The van der Waals surface area contributed by atoms with Crippen LogP contribution >= 0.6 is 0 Å². The van der Waals surface area contributed by atoms with E-state index >= 15 is 0 Å². The van der Waals surface area contributed by atoms with Crippen LogP contribution in [0.1, 0.15) is 48.5 Å². The van der Waals surface area contributed by atoms with Crippen LogP contribution in [0.15, 0.2) is 25.3 Å². The standard InChI is InChI=1S/C15H23N3O2.C8H13NO3.C2H4O2/c1-6-8-18(9-7-2)15(10-16)11-17(12-15)13(19)20-14(3,4)5;1-8(2,3)12-7(11)9-4-6(10)5-9;1-2(3)4/h6-7H,1-2,8-9,11-12H2,3-5H3;4-5H2,1-3H3;1H3,(H,3,4). The molecule has 2 rings (SSSR count). The van der Waals surface area contributed by atoms with Gasteiger partial charge in [0.05, 0.1) is 32.2 Å². The van der Waals surface area contributed by atoms with E-state index < -0.39 is 28.8 Å². The minimum absolute atomic E-state index is 0.0841. The molecule has 11 nitrogen and oxygen atoms in total. The Kier molecular flexibility index (Phi) is 12.3. The molecular weight excluding hydrogens is 468 g/mol. The number of carboxylic acids is 1. The van der Waals surface area contributed by atoms with E-state index in [1.165, 1.54) is 4.90 Å². The van der Waals surface area contributed by atoms with Crippen molar-refractivity contribution in [2.45, 2.75) is 65.2 Å². The molecule has 2 amide bonds. The largest absolute Gasteiger partial charge is 0.481 e. The van der Waals surface area contributed by atoms with E-state index in [2.05, 4.69) is 19.2 Å². The second-order valence-electron chi connectivity index (χ2n) is 10.4. The molecule has 0 bridgehead atoms. The Morgan fingerprint density at radius 3 is 1.64 bits per heavy atom. The summed E-state index contributed by atoms with van der Waals surface area (Å²) in [4.78, 5) is 47.5. The summed E-state index contributed by atoms with van der Waals surface area (Å²) in [6, 6.07) is 2.31. The van der Waals surface area contributed by atoms with Crippen LogP contribution in [0.3, 0.4) is 0 Å². The van der Waals surface area contributed by atoms with Gasteiger partial charge >= 0.3 is 12.2 Å². The molecule has 0 saturated carbocycles. The van der Waals surface area contributed by atoms with E-state index in [0.717, 1.165) is 6.92 Å². The predicted molar refractivity (Wildman–Crippen MR) is 134 cm³/mol. The van der Waals surface area contributed by atoms with Gasteiger partial charge in [0.1, 0.15) is 16.7 Å². The van der Waals surface area contributed by atoms with Crippen LogP contribution in [-0.4, -0.2) is 99.8 Å². The first-order valence-corrected chi connectivity index (χ1v) is 11.4. The number of nitriles is 1. The third-order valence-electron chi connectivity index (χ3n) is 4.46. The highest BCUT2D eigenvalue weighted by Gasteiger charge is 2.50. The third kappa shape index (κ3) is 11.8. The highest BCUT2D eigenvalue weighted by molar-refractivity contribution is 5.94. The van der Waals surface area contributed by atoms with Crippen LogP contribution in [0, 0.1) is 11.3 Å². The number of carbonyl (C=O) groups excluding carboxylic acids is 3. The van der Waals surface area contributed by atoms with Gasteiger partial charge in [-0.3, -0.25) is 19.4 Å². The number of ether oxygens (including phenoxy) is 2. The van der Waals surface area contributed by atoms with Crippen molar-refractivity contribution in [2.75, 3.05) is 39.3 Å². The minimum atomic E-state index is -0.833. The van der Waals surface area contributed by atoms with Gasteiger partial charge in [0.2, 0.25) is 0 Å². The third-order valence-corrected chi connectivity index (χ3v) is 4.46. The van der Waals surface area contributed by atoms with E-state index in [-0.39, 0.29) is 25.0 Å². The number of likely N-dealkylation sites (tertiary alicyclic amines) is 2. The molecule has 2 fully saturated rings. The van der Waals surface area contributed by atoms with Gasteiger partial charge in [0.25, 0.3) is 5.97 Å². The lowest BCUT2D eigenvalue weighted by Crippen LogP contribution is -2.71. The fourth-order valence-electron chi connectivity index (χ4n) is 2.95. The Morgan fingerprint density at radius 1 is 1.00 bits per heavy atom. The summed E-state index contributed by atoms with van der Waals surface area (Å²) in [7, 11) is 0. The summed E-state index contributed by atoms with van der Waals surface area (Å²) in [5.74, 6) is -0.749. The first-order chi connectivity index (χ1) is 16.4. The molecular formula is C25H40N4O7. The maximum Gasteiger partial charge on any atom is 0.411 e. The molecule has 2 heterocycles. The molecule has 0 atom stereocenters. The number of carboxylic acid groups (broad SMARTS) is 1. The molecule has 0 radical (unpaired) electrons. The van der Waals surface area contributed by atoms with E-state index in [0.29, 0.717) is 26.2 Å². The topological polar surface area (TPSA) is 140 Å². The number of rotatable bonds is 5. The molecule has 0 aliphatic carbocycles. The number of aliphatic carboxylic acids is 1. The molecule has 202 valence electrons. The van der Waals surface area contributed by atoms with Crippen molar-refractivity contribution < 1.29 is 33.8 Å².